The SMILES string of the molecule is CCC1CCCCN1CCCNC(=O)CN(c1ccccc1C)S(=O)(=O)c1ccc(C)cc1. The average Bonchev–Trinajstić information content (AvgIpc) is 2.81. The van der Waals surface area contributed by atoms with E-state index < -0.39 is 10.0 Å². The van der Waals surface area contributed by atoms with Crippen LogP contribution in [0.4, 0.5) is 5.69 Å². The highest BCUT2D eigenvalue weighted by Gasteiger charge is 2.28. The zero-order valence-electron chi connectivity index (χ0n) is 20.1. The Balaban J connectivity index is 1.67. The van der Waals surface area contributed by atoms with Gasteiger partial charge in [0.2, 0.25) is 5.91 Å². The number of anilines is 1. The first-order valence-corrected chi connectivity index (χ1v) is 13.4. The van der Waals surface area contributed by atoms with Gasteiger partial charge in [-0.2, -0.15) is 0 Å². The van der Waals surface area contributed by atoms with Crippen molar-refractivity contribution in [2.24, 2.45) is 0 Å². The molecule has 0 bridgehead atoms. The average molecular weight is 472 g/mol. The minimum Gasteiger partial charge on any atom is -0.354 e. The van der Waals surface area contributed by atoms with Crippen LogP contribution in [0.2, 0.25) is 0 Å². The van der Waals surface area contributed by atoms with Crippen LogP contribution in [0.15, 0.2) is 53.4 Å². The van der Waals surface area contributed by atoms with Crippen LogP contribution >= 0.6 is 0 Å². The van der Waals surface area contributed by atoms with Gasteiger partial charge < -0.3 is 10.2 Å². The smallest absolute Gasteiger partial charge is 0.264 e. The van der Waals surface area contributed by atoms with E-state index in [-0.39, 0.29) is 17.3 Å². The summed E-state index contributed by atoms with van der Waals surface area (Å²) in [5.74, 6) is -0.292. The third-order valence-corrected chi connectivity index (χ3v) is 8.22. The highest BCUT2D eigenvalue weighted by atomic mass is 32.2. The number of carbonyl (C=O) groups is 1. The van der Waals surface area contributed by atoms with Gasteiger partial charge >= 0.3 is 0 Å². The van der Waals surface area contributed by atoms with Crippen molar-refractivity contribution in [3.05, 3.63) is 59.7 Å². The van der Waals surface area contributed by atoms with Crippen molar-refractivity contribution in [1.29, 1.82) is 0 Å². The van der Waals surface area contributed by atoms with Gasteiger partial charge in [0, 0.05) is 19.1 Å². The number of para-hydroxylation sites is 1. The minimum atomic E-state index is -3.88. The van der Waals surface area contributed by atoms with Crippen LogP contribution in [-0.4, -0.2) is 51.4 Å². The number of hydrogen-bond acceptors (Lipinski definition) is 4. The molecule has 1 aliphatic heterocycles. The van der Waals surface area contributed by atoms with Crippen molar-refractivity contribution in [3.63, 3.8) is 0 Å². The first-order valence-electron chi connectivity index (χ1n) is 12.0. The number of likely N-dealkylation sites (tertiary alicyclic amines) is 1. The number of nitrogens with zero attached hydrogens (tertiary/aromatic N) is 2. The molecule has 1 atom stereocenters. The van der Waals surface area contributed by atoms with Crippen LogP contribution in [0.1, 0.15) is 50.2 Å². The van der Waals surface area contributed by atoms with Crippen molar-refractivity contribution in [2.75, 3.05) is 30.5 Å². The summed E-state index contributed by atoms with van der Waals surface area (Å²) in [6, 6.07) is 14.6. The van der Waals surface area contributed by atoms with E-state index in [0.29, 0.717) is 18.3 Å². The summed E-state index contributed by atoms with van der Waals surface area (Å²) >= 11 is 0. The van der Waals surface area contributed by atoms with Crippen LogP contribution in [0.3, 0.4) is 0 Å². The molecule has 3 rings (SSSR count). The molecule has 1 saturated heterocycles. The highest BCUT2D eigenvalue weighted by Crippen LogP contribution is 2.26. The Hall–Kier alpha value is -2.38. The summed E-state index contributed by atoms with van der Waals surface area (Å²) in [5.41, 5.74) is 2.30. The summed E-state index contributed by atoms with van der Waals surface area (Å²) in [5, 5.41) is 2.94. The Morgan fingerprint density at radius 1 is 1.09 bits per heavy atom. The Morgan fingerprint density at radius 3 is 2.52 bits per heavy atom. The molecule has 2 aromatic rings. The van der Waals surface area contributed by atoms with Crippen molar-refractivity contribution in [3.8, 4) is 0 Å². The summed E-state index contributed by atoms with van der Waals surface area (Å²) in [7, 11) is -3.88. The Kier molecular flexibility index (Phi) is 8.92. The van der Waals surface area contributed by atoms with Gasteiger partial charge in [-0.3, -0.25) is 9.10 Å². The molecule has 0 aliphatic carbocycles. The van der Waals surface area contributed by atoms with Crippen LogP contribution in [0, 0.1) is 13.8 Å². The summed E-state index contributed by atoms with van der Waals surface area (Å²) in [6.07, 6.45) is 5.82. The highest BCUT2D eigenvalue weighted by molar-refractivity contribution is 7.92. The number of sulfonamides is 1. The molecule has 0 radical (unpaired) electrons. The van der Waals surface area contributed by atoms with Crippen molar-refractivity contribution in [2.45, 2.75) is 63.8 Å². The van der Waals surface area contributed by atoms with Gasteiger partial charge in [-0.15, -0.1) is 0 Å². The normalized spacial score (nSPS) is 17.0. The molecule has 1 heterocycles. The van der Waals surface area contributed by atoms with E-state index in [2.05, 4.69) is 17.1 Å². The lowest BCUT2D eigenvalue weighted by Crippen LogP contribution is -2.43. The topological polar surface area (TPSA) is 69.7 Å². The second-order valence-electron chi connectivity index (χ2n) is 8.91. The standard InChI is InChI=1S/C26H37N3O3S/c1-4-23-11-7-8-18-28(23)19-9-17-27-26(30)20-29(25-12-6-5-10-22(25)3)33(31,32)24-15-13-21(2)14-16-24/h5-6,10,12-16,23H,4,7-9,11,17-20H2,1-3H3,(H,27,30). The van der Waals surface area contributed by atoms with Gasteiger partial charge in [-0.1, -0.05) is 49.2 Å². The lowest BCUT2D eigenvalue weighted by atomic mass is 10.00. The number of aryl methyl sites for hydroxylation is 2. The van der Waals surface area contributed by atoms with E-state index in [1.54, 1.807) is 36.4 Å². The Bertz CT molecular complexity index is 1020. The fourth-order valence-corrected chi connectivity index (χ4v) is 5.98. The second kappa shape index (κ2) is 11.7. The number of hydrogen-bond donors (Lipinski definition) is 1. The van der Waals surface area contributed by atoms with E-state index in [9.17, 15) is 13.2 Å². The molecule has 7 heteroatoms. The first kappa shape index (κ1) is 25.2. The molecular weight excluding hydrogens is 434 g/mol. The van der Waals surface area contributed by atoms with E-state index in [0.717, 1.165) is 37.1 Å². The van der Waals surface area contributed by atoms with Gasteiger partial charge in [0.05, 0.1) is 10.6 Å². The van der Waals surface area contributed by atoms with Crippen LogP contribution in [0.25, 0.3) is 0 Å². The number of rotatable bonds is 10. The summed E-state index contributed by atoms with van der Waals surface area (Å²) in [6.45, 7) is 8.38. The molecule has 1 N–H and O–H groups in total. The molecular formula is C26H37N3O3S. The lowest BCUT2D eigenvalue weighted by Gasteiger charge is -2.35. The molecule has 1 amide bonds. The van der Waals surface area contributed by atoms with E-state index in [1.165, 1.54) is 23.6 Å². The first-order chi connectivity index (χ1) is 15.8. The number of piperidine rings is 1. The molecule has 1 unspecified atom stereocenters. The molecule has 1 aliphatic rings. The van der Waals surface area contributed by atoms with Crippen LogP contribution < -0.4 is 9.62 Å². The van der Waals surface area contributed by atoms with Gasteiger partial charge in [-0.25, -0.2) is 8.42 Å². The molecule has 33 heavy (non-hydrogen) atoms. The molecule has 0 aromatic heterocycles. The predicted molar refractivity (Wildman–Crippen MR) is 134 cm³/mol. The maximum atomic E-state index is 13.5. The quantitative estimate of drug-likeness (QED) is 0.526. The van der Waals surface area contributed by atoms with E-state index >= 15 is 0 Å². The number of nitrogens with one attached hydrogen (secondary N) is 1. The molecule has 180 valence electrons. The van der Waals surface area contributed by atoms with E-state index in [1.807, 2.05) is 26.0 Å². The Labute approximate surface area is 199 Å². The fraction of sp³-hybridized carbons (Fsp3) is 0.500. The molecule has 0 spiro atoms. The van der Waals surface area contributed by atoms with Crippen molar-refractivity contribution < 1.29 is 13.2 Å². The second-order valence-corrected chi connectivity index (χ2v) is 10.8. The lowest BCUT2D eigenvalue weighted by molar-refractivity contribution is -0.119. The monoisotopic (exact) mass is 471 g/mol. The summed E-state index contributed by atoms with van der Waals surface area (Å²) < 4.78 is 28.2. The molecule has 1 fully saturated rings. The number of benzene rings is 2. The van der Waals surface area contributed by atoms with Gasteiger partial charge in [0.25, 0.3) is 10.0 Å². The van der Waals surface area contributed by atoms with Crippen LogP contribution in [-0.2, 0) is 14.8 Å². The number of carbonyl (C=O) groups excluding carboxylic acids is 1. The molecule has 0 saturated carbocycles. The van der Waals surface area contributed by atoms with Crippen molar-refractivity contribution >= 4 is 21.6 Å². The minimum absolute atomic E-state index is 0.180. The number of amides is 1. The van der Waals surface area contributed by atoms with Gasteiger partial charge in [0.15, 0.2) is 0 Å². The molecule has 2 aromatic carbocycles. The van der Waals surface area contributed by atoms with Gasteiger partial charge in [0.1, 0.15) is 6.54 Å². The molecule has 6 nitrogen and oxygen atoms in total. The zero-order chi connectivity index (χ0) is 23.8. The Morgan fingerprint density at radius 2 is 1.82 bits per heavy atom. The maximum Gasteiger partial charge on any atom is 0.264 e. The van der Waals surface area contributed by atoms with Gasteiger partial charge in [-0.05, 0) is 69.8 Å². The largest absolute Gasteiger partial charge is 0.354 e. The van der Waals surface area contributed by atoms with Crippen molar-refractivity contribution in [1.82, 2.24) is 10.2 Å². The predicted octanol–water partition coefficient (Wildman–Crippen LogP) is 4.27. The fourth-order valence-electron chi connectivity index (χ4n) is 4.49. The summed E-state index contributed by atoms with van der Waals surface area (Å²) in [4.78, 5) is 15.5. The van der Waals surface area contributed by atoms with Crippen LogP contribution in [0.5, 0.6) is 0 Å². The maximum absolute atomic E-state index is 13.5. The zero-order valence-corrected chi connectivity index (χ0v) is 20.9. The third kappa shape index (κ3) is 6.58. The third-order valence-electron chi connectivity index (χ3n) is 6.44. The van der Waals surface area contributed by atoms with E-state index in [4.69, 9.17) is 0 Å².